The van der Waals surface area contributed by atoms with Crippen molar-refractivity contribution in [3.05, 3.63) is 21.0 Å². The Balaban J connectivity index is 2.10. The van der Waals surface area contributed by atoms with Gasteiger partial charge >= 0.3 is 0 Å². The van der Waals surface area contributed by atoms with Crippen LogP contribution in [0.1, 0.15) is 26.2 Å². The molecule has 1 aromatic heterocycles. The van der Waals surface area contributed by atoms with E-state index in [-0.39, 0.29) is 18.7 Å². The summed E-state index contributed by atoms with van der Waals surface area (Å²) in [5, 5.41) is 16.1. The molecule has 1 fully saturated rings. The number of hydrogen-bond donors (Lipinski definition) is 2. The first-order chi connectivity index (χ1) is 8.62. The van der Waals surface area contributed by atoms with E-state index in [9.17, 15) is 4.79 Å². The monoisotopic (exact) mass is 315 g/mol. The molecule has 2 N–H and O–H groups in total. The summed E-state index contributed by atoms with van der Waals surface area (Å²) < 4.78 is 1.74. The largest absolute Gasteiger partial charge is 0.394 e. The molecule has 0 bridgehead atoms. The molecule has 6 heteroatoms. The van der Waals surface area contributed by atoms with E-state index in [0.717, 1.165) is 18.7 Å². The number of nitrogens with zero attached hydrogens (tertiary/aromatic N) is 2. The van der Waals surface area contributed by atoms with Crippen molar-refractivity contribution in [3.8, 4) is 0 Å². The van der Waals surface area contributed by atoms with E-state index >= 15 is 0 Å². The Morgan fingerprint density at radius 3 is 2.89 bits per heavy atom. The summed E-state index contributed by atoms with van der Waals surface area (Å²) in [4.78, 5) is 11.9. The first-order valence-electron chi connectivity index (χ1n) is 6.22. The van der Waals surface area contributed by atoms with Gasteiger partial charge in [0.15, 0.2) is 0 Å². The maximum atomic E-state index is 11.9. The number of anilines is 1. The van der Waals surface area contributed by atoms with E-state index in [4.69, 9.17) is 5.11 Å². The van der Waals surface area contributed by atoms with Gasteiger partial charge in [-0.25, -0.2) is 4.68 Å². The summed E-state index contributed by atoms with van der Waals surface area (Å²) in [6.45, 7) is 3.20. The van der Waals surface area contributed by atoms with E-state index in [1.807, 2.05) is 0 Å². The summed E-state index contributed by atoms with van der Waals surface area (Å²) in [6.07, 6.45) is 5.30. The number of rotatable bonds is 6. The molecular weight excluding hydrogens is 298 g/mol. The van der Waals surface area contributed by atoms with Crippen molar-refractivity contribution >= 4 is 21.6 Å². The van der Waals surface area contributed by atoms with Crippen LogP contribution in [-0.2, 0) is 6.54 Å². The molecule has 1 aliphatic carbocycles. The van der Waals surface area contributed by atoms with Crippen molar-refractivity contribution < 1.29 is 5.11 Å². The van der Waals surface area contributed by atoms with Crippen LogP contribution in [0.25, 0.3) is 0 Å². The lowest BCUT2D eigenvalue weighted by Crippen LogP contribution is -2.26. The average molecular weight is 316 g/mol. The lowest BCUT2D eigenvalue weighted by molar-refractivity contribution is 0.266. The molecule has 1 heterocycles. The highest BCUT2D eigenvalue weighted by molar-refractivity contribution is 9.10. The lowest BCUT2D eigenvalue weighted by Gasteiger charge is -2.15. The van der Waals surface area contributed by atoms with Crippen LogP contribution >= 0.6 is 15.9 Å². The molecule has 100 valence electrons. The molecule has 0 aromatic carbocycles. The number of aliphatic hydroxyl groups excluding tert-OH is 1. The van der Waals surface area contributed by atoms with Crippen molar-refractivity contribution in [1.82, 2.24) is 9.78 Å². The first kappa shape index (κ1) is 13.5. The Morgan fingerprint density at radius 1 is 1.61 bits per heavy atom. The van der Waals surface area contributed by atoms with Gasteiger partial charge < -0.3 is 10.4 Å². The van der Waals surface area contributed by atoms with Gasteiger partial charge in [0.1, 0.15) is 4.47 Å². The minimum Gasteiger partial charge on any atom is -0.394 e. The Hall–Kier alpha value is -0.880. The second-order valence-electron chi connectivity index (χ2n) is 4.83. The minimum absolute atomic E-state index is 0.0922. The molecule has 0 spiro atoms. The molecule has 18 heavy (non-hydrogen) atoms. The predicted octanol–water partition coefficient (Wildman–Crippen LogP) is 1.60. The average Bonchev–Trinajstić information content (AvgIpc) is 3.15. The van der Waals surface area contributed by atoms with Crippen LogP contribution in [0.2, 0.25) is 0 Å². The van der Waals surface area contributed by atoms with Crippen molar-refractivity contribution in [2.45, 2.75) is 32.7 Å². The van der Waals surface area contributed by atoms with Crippen LogP contribution in [0.15, 0.2) is 15.5 Å². The smallest absolute Gasteiger partial charge is 0.283 e. The summed E-state index contributed by atoms with van der Waals surface area (Å²) >= 11 is 3.29. The van der Waals surface area contributed by atoms with Gasteiger partial charge in [0.2, 0.25) is 0 Å². The van der Waals surface area contributed by atoms with Crippen LogP contribution in [0.3, 0.4) is 0 Å². The Labute approximate surface area is 114 Å². The molecule has 1 aromatic rings. The van der Waals surface area contributed by atoms with Crippen LogP contribution in [-0.4, -0.2) is 28.0 Å². The van der Waals surface area contributed by atoms with Gasteiger partial charge in [-0.15, -0.1) is 0 Å². The molecule has 5 nitrogen and oxygen atoms in total. The highest BCUT2D eigenvalue weighted by Crippen LogP contribution is 2.48. The number of aromatic nitrogens is 2. The second kappa shape index (κ2) is 5.40. The van der Waals surface area contributed by atoms with E-state index in [2.05, 4.69) is 33.3 Å². The summed E-state index contributed by atoms with van der Waals surface area (Å²) in [5.41, 5.74) is 0.934. The van der Waals surface area contributed by atoms with Crippen molar-refractivity contribution in [2.24, 2.45) is 5.41 Å². The fourth-order valence-corrected chi connectivity index (χ4v) is 2.40. The summed E-state index contributed by atoms with van der Waals surface area (Å²) in [5.74, 6) is 0. The number of nitrogens with one attached hydrogen (secondary N) is 1. The highest BCUT2D eigenvalue weighted by atomic mass is 79.9. The third-order valence-corrected chi connectivity index (χ3v) is 4.42. The minimum atomic E-state index is -0.213. The predicted molar refractivity (Wildman–Crippen MR) is 73.7 cm³/mol. The summed E-state index contributed by atoms with van der Waals surface area (Å²) in [7, 11) is 0. The Kier molecular flexibility index (Phi) is 4.07. The van der Waals surface area contributed by atoms with Gasteiger partial charge in [-0.2, -0.15) is 5.10 Å². The zero-order chi connectivity index (χ0) is 13.2. The Morgan fingerprint density at radius 2 is 2.33 bits per heavy atom. The zero-order valence-electron chi connectivity index (χ0n) is 10.4. The normalized spacial score (nSPS) is 16.6. The quantitative estimate of drug-likeness (QED) is 0.836. The molecule has 1 saturated carbocycles. The zero-order valence-corrected chi connectivity index (χ0v) is 12.0. The van der Waals surface area contributed by atoms with E-state index in [1.54, 1.807) is 6.20 Å². The van der Waals surface area contributed by atoms with Gasteiger partial charge in [-0.1, -0.05) is 6.92 Å². The molecule has 1 aliphatic rings. The van der Waals surface area contributed by atoms with Gasteiger partial charge in [-0.05, 0) is 40.6 Å². The van der Waals surface area contributed by atoms with Gasteiger partial charge in [0.25, 0.3) is 5.56 Å². The molecule has 2 rings (SSSR count). The second-order valence-corrected chi connectivity index (χ2v) is 5.62. The number of aliphatic hydroxyl groups is 1. The fraction of sp³-hybridized carbons (Fsp3) is 0.667. The van der Waals surface area contributed by atoms with E-state index in [1.165, 1.54) is 17.5 Å². The standard InChI is InChI=1S/C12H18BrN3O2/c1-2-12(3-4-12)8-14-9-7-15-16(5-6-17)11(18)10(9)13/h7,14,17H,2-6,8H2,1H3. The number of halogens is 1. The van der Waals surface area contributed by atoms with Gasteiger partial charge in [-0.3, -0.25) is 4.79 Å². The maximum absolute atomic E-state index is 11.9. The molecule has 0 atom stereocenters. The fourth-order valence-electron chi connectivity index (χ4n) is 1.96. The van der Waals surface area contributed by atoms with E-state index < -0.39 is 0 Å². The highest BCUT2D eigenvalue weighted by Gasteiger charge is 2.40. The third kappa shape index (κ3) is 2.75. The van der Waals surface area contributed by atoms with Gasteiger partial charge in [0.05, 0.1) is 25.0 Å². The van der Waals surface area contributed by atoms with E-state index in [0.29, 0.717) is 9.89 Å². The van der Waals surface area contributed by atoms with Crippen LogP contribution in [0.4, 0.5) is 5.69 Å². The SMILES string of the molecule is CCC1(CNc2cnn(CCO)c(=O)c2Br)CC1. The topological polar surface area (TPSA) is 67.2 Å². The Bertz CT molecular complexity index is 483. The molecule has 0 aliphatic heterocycles. The summed E-state index contributed by atoms with van der Waals surface area (Å²) in [6, 6.07) is 0. The molecule has 0 saturated heterocycles. The molecule has 0 radical (unpaired) electrons. The number of hydrogen-bond acceptors (Lipinski definition) is 4. The van der Waals surface area contributed by atoms with Crippen LogP contribution in [0.5, 0.6) is 0 Å². The van der Waals surface area contributed by atoms with Crippen molar-refractivity contribution in [2.75, 3.05) is 18.5 Å². The third-order valence-electron chi connectivity index (χ3n) is 3.66. The lowest BCUT2D eigenvalue weighted by atomic mass is 10.0. The molecule has 0 unspecified atom stereocenters. The van der Waals surface area contributed by atoms with Crippen LogP contribution < -0.4 is 10.9 Å². The molecular formula is C12H18BrN3O2. The van der Waals surface area contributed by atoms with Crippen molar-refractivity contribution in [1.29, 1.82) is 0 Å². The first-order valence-corrected chi connectivity index (χ1v) is 7.01. The van der Waals surface area contributed by atoms with Crippen molar-refractivity contribution in [3.63, 3.8) is 0 Å². The maximum Gasteiger partial charge on any atom is 0.283 e. The van der Waals surface area contributed by atoms with Crippen LogP contribution in [0, 0.1) is 5.41 Å². The molecule has 0 amide bonds. The van der Waals surface area contributed by atoms with Gasteiger partial charge in [0, 0.05) is 6.54 Å².